The molecule has 2 saturated heterocycles. The number of fused-ring (bicyclic) bond motifs is 3. The zero-order chi connectivity index (χ0) is 20.3. The van der Waals surface area contributed by atoms with E-state index < -0.39 is 11.9 Å². The number of aliphatic hydroxyl groups is 1. The molecule has 2 heterocycles. The van der Waals surface area contributed by atoms with Crippen molar-refractivity contribution in [2.45, 2.75) is 77.8 Å². The number of carbonyl (C=O) groups excluding carboxylic acids is 1. The molecule has 6 atom stereocenters. The minimum Gasteiger partial charge on any atom is -0.459 e. The Morgan fingerprint density at radius 2 is 1.96 bits per heavy atom. The van der Waals surface area contributed by atoms with Gasteiger partial charge in [-0.05, 0) is 63.2 Å². The van der Waals surface area contributed by atoms with Crippen molar-refractivity contribution in [1.82, 2.24) is 0 Å². The quantitative estimate of drug-likeness (QED) is 0.442. The van der Waals surface area contributed by atoms with Crippen molar-refractivity contribution in [2.24, 2.45) is 22.7 Å². The summed E-state index contributed by atoms with van der Waals surface area (Å²) >= 11 is 0. The molecule has 0 aromatic rings. The first-order chi connectivity index (χ1) is 13.1. The van der Waals surface area contributed by atoms with Gasteiger partial charge in [-0.25, -0.2) is 4.79 Å². The third-order valence-corrected chi connectivity index (χ3v) is 8.01. The van der Waals surface area contributed by atoms with Crippen molar-refractivity contribution in [3.8, 4) is 0 Å². The van der Waals surface area contributed by atoms with Gasteiger partial charge in [0, 0.05) is 5.41 Å². The molecule has 4 rings (SSSR count). The summed E-state index contributed by atoms with van der Waals surface area (Å²) in [6.45, 7) is 13.9. The maximum Gasteiger partial charge on any atom is 0.336 e. The number of cyclic esters (lactones) is 1. The first-order valence-electron chi connectivity index (χ1n) is 10.6. The van der Waals surface area contributed by atoms with Gasteiger partial charge >= 0.3 is 5.97 Å². The lowest BCUT2D eigenvalue weighted by molar-refractivity contribution is -0.344. The Morgan fingerprint density at radius 1 is 1.21 bits per heavy atom. The summed E-state index contributed by atoms with van der Waals surface area (Å²) in [4.78, 5) is 11.9. The largest absolute Gasteiger partial charge is 0.459 e. The van der Waals surface area contributed by atoms with Gasteiger partial charge in [-0.2, -0.15) is 0 Å². The van der Waals surface area contributed by atoms with Crippen LogP contribution in [0.2, 0.25) is 0 Å². The van der Waals surface area contributed by atoms with Gasteiger partial charge in [0.2, 0.25) is 0 Å². The fourth-order valence-electron chi connectivity index (χ4n) is 6.43. The molecule has 0 unspecified atom stereocenters. The summed E-state index contributed by atoms with van der Waals surface area (Å²) in [5, 5.41) is 10.0. The van der Waals surface area contributed by atoms with Crippen LogP contribution in [0.15, 0.2) is 23.8 Å². The molecule has 2 saturated carbocycles. The molecular formula is C23H34O5. The maximum absolute atomic E-state index is 11.9. The second-order valence-electron chi connectivity index (χ2n) is 10.2. The zero-order valence-corrected chi connectivity index (χ0v) is 17.6. The number of allylic oxidation sites excluding steroid dienone is 2. The molecule has 0 aromatic carbocycles. The predicted octanol–water partition coefficient (Wildman–Crippen LogP) is 3.76. The van der Waals surface area contributed by atoms with E-state index in [1.165, 1.54) is 5.57 Å². The number of carbonyl (C=O) groups is 1. The fraction of sp³-hybridized carbons (Fsp3) is 0.783. The van der Waals surface area contributed by atoms with Gasteiger partial charge in [0.05, 0.1) is 18.3 Å². The lowest BCUT2D eigenvalue weighted by Crippen LogP contribution is -2.62. The normalized spacial score (nSPS) is 46.8. The standard InChI is InChI=1S/C23H34O5/c1-14-6-9-18-22(4,16(14)8-7-15-17(24)12-26-20(15)25)11-10-19-23(18,5)13-27-21(2,3)28-19/h7,16-19,24H,1,6,8-13H2,2-5H3/b15-7-/t16-,17-,18+,19-,22+,23+/m1/s1. The monoisotopic (exact) mass is 390 g/mol. The molecule has 4 fully saturated rings. The maximum atomic E-state index is 11.9. The summed E-state index contributed by atoms with van der Waals surface area (Å²) in [5.74, 6) is -0.141. The van der Waals surface area contributed by atoms with Gasteiger partial charge in [-0.3, -0.25) is 0 Å². The Kier molecular flexibility index (Phi) is 4.80. The smallest absolute Gasteiger partial charge is 0.336 e. The number of esters is 1. The molecule has 2 aliphatic heterocycles. The number of ether oxygens (including phenoxy) is 3. The first-order valence-corrected chi connectivity index (χ1v) is 10.6. The zero-order valence-electron chi connectivity index (χ0n) is 17.6. The molecule has 28 heavy (non-hydrogen) atoms. The lowest BCUT2D eigenvalue weighted by Gasteiger charge is -2.63. The number of rotatable bonds is 2. The van der Waals surface area contributed by atoms with E-state index in [-0.39, 0.29) is 35.4 Å². The number of aliphatic hydroxyl groups excluding tert-OH is 1. The lowest BCUT2D eigenvalue weighted by atomic mass is 9.46. The van der Waals surface area contributed by atoms with Crippen molar-refractivity contribution in [3.05, 3.63) is 23.8 Å². The van der Waals surface area contributed by atoms with Crippen molar-refractivity contribution >= 4 is 5.97 Å². The molecule has 4 aliphatic rings. The molecule has 2 aliphatic carbocycles. The average molecular weight is 391 g/mol. The van der Waals surface area contributed by atoms with Crippen LogP contribution in [0.5, 0.6) is 0 Å². The van der Waals surface area contributed by atoms with E-state index in [9.17, 15) is 9.90 Å². The van der Waals surface area contributed by atoms with Gasteiger partial charge in [0.1, 0.15) is 12.7 Å². The highest BCUT2D eigenvalue weighted by atomic mass is 16.7. The van der Waals surface area contributed by atoms with E-state index in [1.54, 1.807) is 0 Å². The highest BCUT2D eigenvalue weighted by Crippen LogP contribution is 2.63. The second kappa shape index (κ2) is 6.68. The Balaban J connectivity index is 1.61. The van der Waals surface area contributed by atoms with E-state index in [0.717, 1.165) is 38.7 Å². The van der Waals surface area contributed by atoms with Gasteiger partial charge in [0.25, 0.3) is 0 Å². The van der Waals surface area contributed by atoms with E-state index in [1.807, 2.05) is 19.9 Å². The van der Waals surface area contributed by atoms with Crippen molar-refractivity contribution in [3.63, 3.8) is 0 Å². The predicted molar refractivity (Wildman–Crippen MR) is 105 cm³/mol. The van der Waals surface area contributed by atoms with Crippen molar-refractivity contribution in [2.75, 3.05) is 13.2 Å². The number of hydrogen-bond acceptors (Lipinski definition) is 5. The summed E-state index contributed by atoms with van der Waals surface area (Å²) in [6, 6.07) is 0. The second-order valence-corrected chi connectivity index (χ2v) is 10.2. The summed E-state index contributed by atoms with van der Waals surface area (Å²) in [7, 11) is 0. The van der Waals surface area contributed by atoms with E-state index in [4.69, 9.17) is 14.2 Å². The summed E-state index contributed by atoms with van der Waals surface area (Å²) in [6.07, 6.45) is 6.22. The summed E-state index contributed by atoms with van der Waals surface area (Å²) < 4.78 is 17.4. The van der Waals surface area contributed by atoms with Crippen LogP contribution >= 0.6 is 0 Å². The van der Waals surface area contributed by atoms with Crippen LogP contribution < -0.4 is 0 Å². The minimum atomic E-state index is -0.802. The molecule has 0 radical (unpaired) electrons. The van der Waals surface area contributed by atoms with Crippen LogP contribution in [0.1, 0.15) is 59.8 Å². The van der Waals surface area contributed by atoms with Gasteiger partial charge < -0.3 is 19.3 Å². The van der Waals surface area contributed by atoms with Gasteiger partial charge in [0.15, 0.2) is 5.79 Å². The first kappa shape index (κ1) is 20.1. The van der Waals surface area contributed by atoms with Crippen molar-refractivity contribution < 1.29 is 24.1 Å². The van der Waals surface area contributed by atoms with Crippen LogP contribution in [0.25, 0.3) is 0 Å². The van der Waals surface area contributed by atoms with Crippen molar-refractivity contribution in [1.29, 1.82) is 0 Å². The molecule has 0 amide bonds. The fourth-order valence-corrected chi connectivity index (χ4v) is 6.43. The Bertz CT molecular complexity index is 710. The third-order valence-electron chi connectivity index (χ3n) is 8.01. The third kappa shape index (κ3) is 3.06. The Morgan fingerprint density at radius 3 is 2.64 bits per heavy atom. The topological polar surface area (TPSA) is 65.0 Å². The molecule has 0 spiro atoms. The molecule has 5 nitrogen and oxygen atoms in total. The molecule has 1 N–H and O–H groups in total. The molecule has 0 aromatic heterocycles. The van der Waals surface area contributed by atoms with Crippen LogP contribution in [0.3, 0.4) is 0 Å². The molecule has 0 bridgehead atoms. The van der Waals surface area contributed by atoms with Crippen LogP contribution in [-0.4, -0.2) is 42.3 Å². The highest BCUT2D eigenvalue weighted by molar-refractivity contribution is 5.91. The molecule has 156 valence electrons. The van der Waals surface area contributed by atoms with Crippen LogP contribution in [0, 0.1) is 22.7 Å². The van der Waals surface area contributed by atoms with E-state index in [2.05, 4.69) is 20.4 Å². The van der Waals surface area contributed by atoms with Crippen LogP contribution in [0.4, 0.5) is 0 Å². The van der Waals surface area contributed by atoms with E-state index in [0.29, 0.717) is 11.5 Å². The van der Waals surface area contributed by atoms with Crippen LogP contribution in [-0.2, 0) is 19.0 Å². The average Bonchev–Trinajstić information content (AvgIpc) is 2.93. The molecule has 5 heteroatoms. The Labute approximate surface area is 168 Å². The van der Waals surface area contributed by atoms with Gasteiger partial charge in [-0.1, -0.05) is 32.1 Å². The SMILES string of the molecule is C=C1CC[C@@H]2[C@]3(C)COC(C)(C)O[C@@H]3CC[C@@]2(C)[C@@H]1C/C=C1\C(=O)OC[C@H]1O. The highest BCUT2D eigenvalue weighted by Gasteiger charge is 2.60. The molecular weight excluding hydrogens is 356 g/mol. The Hall–Kier alpha value is -1.17. The van der Waals surface area contributed by atoms with Gasteiger partial charge in [-0.15, -0.1) is 0 Å². The summed E-state index contributed by atoms with van der Waals surface area (Å²) in [5.41, 5.74) is 1.74. The number of hydrogen-bond donors (Lipinski definition) is 1. The van der Waals surface area contributed by atoms with E-state index >= 15 is 0 Å². The minimum absolute atomic E-state index is 0.0135.